The molecule has 0 heterocycles. The Morgan fingerprint density at radius 2 is 2.27 bits per heavy atom. The number of aryl methyl sites for hydroxylation is 1. The van der Waals surface area contributed by atoms with Crippen LogP contribution in [0.15, 0.2) is 30.9 Å². The molecule has 0 atom stereocenters. The van der Waals surface area contributed by atoms with Gasteiger partial charge in [-0.25, -0.2) is 0 Å². The smallest absolute Gasteiger partial charge is 0.253 e. The number of likely N-dealkylation sites (N-methyl/N-ethyl adjacent to an activating group) is 1. The van der Waals surface area contributed by atoms with E-state index in [0.717, 1.165) is 5.56 Å². The van der Waals surface area contributed by atoms with Crippen LogP contribution in [0, 0.1) is 6.92 Å². The molecule has 0 radical (unpaired) electrons. The van der Waals surface area contributed by atoms with E-state index in [1.165, 1.54) is 0 Å². The number of rotatable bonds is 3. The summed E-state index contributed by atoms with van der Waals surface area (Å²) >= 11 is 0. The van der Waals surface area contributed by atoms with Crippen molar-refractivity contribution < 1.29 is 4.79 Å². The molecule has 0 aliphatic carbocycles. The summed E-state index contributed by atoms with van der Waals surface area (Å²) in [5, 5.41) is 0. The molecule has 0 fully saturated rings. The minimum absolute atomic E-state index is 0.0157. The van der Waals surface area contributed by atoms with Gasteiger partial charge >= 0.3 is 0 Å². The van der Waals surface area contributed by atoms with E-state index in [2.05, 4.69) is 6.58 Å². The number of nitrogens with two attached hydrogens (primary N) is 1. The zero-order valence-electron chi connectivity index (χ0n) is 9.16. The fourth-order valence-electron chi connectivity index (χ4n) is 1.31. The van der Waals surface area contributed by atoms with Crippen molar-refractivity contribution in [2.45, 2.75) is 6.92 Å². The molecule has 1 rings (SSSR count). The molecule has 0 unspecified atom stereocenters. The zero-order chi connectivity index (χ0) is 11.4. The third kappa shape index (κ3) is 2.59. The van der Waals surface area contributed by atoms with Gasteiger partial charge in [0.25, 0.3) is 5.91 Å². The Balaban J connectivity index is 2.91. The van der Waals surface area contributed by atoms with E-state index in [1.807, 2.05) is 6.92 Å². The molecular weight excluding hydrogens is 188 g/mol. The molecule has 2 N–H and O–H groups in total. The first kappa shape index (κ1) is 11.3. The van der Waals surface area contributed by atoms with Crippen LogP contribution in [0.1, 0.15) is 15.9 Å². The fourth-order valence-corrected chi connectivity index (χ4v) is 1.31. The topological polar surface area (TPSA) is 46.3 Å². The number of amides is 1. The van der Waals surface area contributed by atoms with Crippen LogP contribution in [0.2, 0.25) is 0 Å². The lowest BCUT2D eigenvalue weighted by Gasteiger charge is -2.15. The van der Waals surface area contributed by atoms with Gasteiger partial charge in [-0.15, -0.1) is 6.58 Å². The van der Waals surface area contributed by atoms with E-state index in [4.69, 9.17) is 5.73 Å². The van der Waals surface area contributed by atoms with E-state index in [1.54, 1.807) is 36.2 Å². The first-order valence-corrected chi connectivity index (χ1v) is 4.78. The Morgan fingerprint density at radius 1 is 1.60 bits per heavy atom. The second-order valence-corrected chi connectivity index (χ2v) is 3.55. The molecule has 0 aromatic heterocycles. The average molecular weight is 204 g/mol. The summed E-state index contributed by atoms with van der Waals surface area (Å²) in [6, 6.07) is 5.30. The predicted octanol–water partition coefficient (Wildman–Crippen LogP) is 1.84. The fraction of sp³-hybridized carbons (Fsp3) is 0.250. The van der Waals surface area contributed by atoms with Crippen molar-refractivity contribution in [3.05, 3.63) is 42.0 Å². The first-order valence-electron chi connectivity index (χ1n) is 4.78. The number of nitrogen functional groups attached to an aromatic ring is 1. The molecule has 1 aromatic rings. The lowest BCUT2D eigenvalue weighted by Crippen LogP contribution is -2.26. The van der Waals surface area contributed by atoms with Gasteiger partial charge in [0, 0.05) is 24.8 Å². The number of hydrogen-bond acceptors (Lipinski definition) is 2. The molecule has 0 bridgehead atoms. The Morgan fingerprint density at radius 3 is 2.80 bits per heavy atom. The molecule has 0 aliphatic heterocycles. The van der Waals surface area contributed by atoms with Gasteiger partial charge in [0.1, 0.15) is 0 Å². The van der Waals surface area contributed by atoms with Gasteiger partial charge < -0.3 is 10.6 Å². The van der Waals surface area contributed by atoms with Crippen LogP contribution in [0.25, 0.3) is 0 Å². The van der Waals surface area contributed by atoms with Gasteiger partial charge in [-0.1, -0.05) is 6.08 Å². The highest BCUT2D eigenvalue weighted by molar-refractivity contribution is 5.94. The van der Waals surface area contributed by atoms with Crippen LogP contribution in [-0.2, 0) is 0 Å². The number of carbonyl (C=O) groups is 1. The van der Waals surface area contributed by atoms with Gasteiger partial charge in [-0.05, 0) is 30.7 Å². The number of benzene rings is 1. The van der Waals surface area contributed by atoms with Crippen LogP contribution in [-0.4, -0.2) is 24.4 Å². The lowest BCUT2D eigenvalue weighted by molar-refractivity contribution is 0.0810. The van der Waals surface area contributed by atoms with Gasteiger partial charge in [-0.2, -0.15) is 0 Å². The highest BCUT2D eigenvalue weighted by Gasteiger charge is 2.10. The Kier molecular flexibility index (Phi) is 3.50. The molecule has 3 nitrogen and oxygen atoms in total. The summed E-state index contributed by atoms with van der Waals surface area (Å²) in [7, 11) is 1.75. The second-order valence-electron chi connectivity index (χ2n) is 3.55. The molecule has 1 amide bonds. The summed E-state index contributed by atoms with van der Waals surface area (Å²) in [5.74, 6) is -0.0157. The third-order valence-corrected chi connectivity index (χ3v) is 2.27. The lowest BCUT2D eigenvalue weighted by atomic mass is 10.1. The van der Waals surface area contributed by atoms with E-state index in [-0.39, 0.29) is 5.91 Å². The third-order valence-electron chi connectivity index (χ3n) is 2.27. The molecule has 0 aliphatic rings. The molecule has 1 aromatic carbocycles. The van der Waals surface area contributed by atoms with Crippen molar-refractivity contribution in [1.29, 1.82) is 0 Å². The summed E-state index contributed by atoms with van der Waals surface area (Å²) in [6.07, 6.45) is 1.70. The van der Waals surface area contributed by atoms with Crippen molar-refractivity contribution in [2.24, 2.45) is 0 Å². The van der Waals surface area contributed by atoms with Gasteiger partial charge in [0.15, 0.2) is 0 Å². The SMILES string of the molecule is C=CCN(C)C(=O)c1ccc(N)c(C)c1. The van der Waals surface area contributed by atoms with Crippen LogP contribution in [0.4, 0.5) is 5.69 Å². The summed E-state index contributed by atoms with van der Waals surface area (Å²) < 4.78 is 0. The van der Waals surface area contributed by atoms with Crippen LogP contribution in [0.3, 0.4) is 0 Å². The maximum absolute atomic E-state index is 11.8. The van der Waals surface area contributed by atoms with Crippen LogP contribution < -0.4 is 5.73 Å². The molecule has 0 saturated heterocycles. The van der Waals surface area contributed by atoms with Gasteiger partial charge in [-0.3, -0.25) is 4.79 Å². The largest absolute Gasteiger partial charge is 0.399 e. The molecule has 15 heavy (non-hydrogen) atoms. The van der Waals surface area contributed by atoms with E-state index in [0.29, 0.717) is 17.8 Å². The minimum atomic E-state index is -0.0157. The van der Waals surface area contributed by atoms with Crippen molar-refractivity contribution in [2.75, 3.05) is 19.3 Å². The maximum atomic E-state index is 11.8. The van der Waals surface area contributed by atoms with Gasteiger partial charge in [0.05, 0.1) is 0 Å². The van der Waals surface area contributed by atoms with E-state index < -0.39 is 0 Å². The van der Waals surface area contributed by atoms with Crippen LogP contribution >= 0.6 is 0 Å². The summed E-state index contributed by atoms with van der Waals surface area (Å²) in [5.41, 5.74) is 7.97. The van der Waals surface area contributed by atoms with Crippen molar-refractivity contribution in [1.82, 2.24) is 4.90 Å². The van der Waals surface area contributed by atoms with Gasteiger partial charge in [0.2, 0.25) is 0 Å². The standard InChI is InChI=1S/C12H16N2O/c1-4-7-14(3)12(15)10-5-6-11(13)9(2)8-10/h4-6,8H,1,7,13H2,2-3H3. The number of carbonyl (C=O) groups excluding carboxylic acids is 1. The Bertz CT molecular complexity index is 385. The molecule has 80 valence electrons. The van der Waals surface area contributed by atoms with Crippen molar-refractivity contribution in [3.63, 3.8) is 0 Å². The average Bonchev–Trinajstić information content (AvgIpc) is 2.21. The van der Waals surface area contributed by atoms with Crippen LogP contribution in [0.5, 0.6) is 0 Å². The first-order chi connectivity index (χ1) is 7.06. The predicted molar refractivity (Wildman–Crippen MR) is 62.7 cm³/mol. The molecule has 3 heteroatoms. The number of anilines is 1. The molecule has 0 saturated carbocycles. The summed E-state index contributed by atoms with van der Waals surface area (Å²) in [4.78, 5) is 13.4. The highest BCUT2D eigenvalue weighted by atomic mass is 16.2. The van der Waals surface area contributed by atoms with E-state index >= 15 is 0 Å². The number of hydrogen-bond donors (Lipinski definition) is 1. The Labute approximate surface area is 90.2 Å². The zero-order valence-corrected chi connectivity index (χ0v) is 9.16. The monoisotopic (exact) mass is 204 g/mol. The minimum Gasteiger partial charge on any atom is -0.399 e. The molecule has 0 spiro atoms. The van der Waals surface area contributed by atoms with Crippen molar-refractivity contribution >= 4 is 11.6 Å². The Hall–Kier alpha value is -1.77. The molecular formula is C12H16N2O. The maximum Gasteiger partial charge on any atom is 0.253 e. The van der Waals surface area contributed by atoms with Crippen molar-refractivity contribution in [3.8, 4) is 0 Å². The summed E-state index contributed by atoms with van der Waals surface area (Å²) in [6.45, 7) is 6.03. The highest BCUT2D eigenvalue weighted by Crippen LogP contribution is 2.13. The number of nitrogens with zero attached hydrogens (tertiary/aromatic N) is 1. The normalized spacial score (nSPS) is 9.73. The van der Waals surface area contributed by atoms with E-state index in [9.17, 15) is 4.79 Å². The second kappa shape index (κ2) is 4.64. The quantitative estimate of drug-likeness (QED) is 0.603.